The molecular weight excluding hydrogens is 244 g/mol. The molecule has 19 heavy (non-hydrogen) atoms. The van der Waals surface area contributed by atoms with Crippen molar-refractivity contribution in [3.63, 3.8) is 0 Å². The van der Waals surface area contributed by atoms with Crippen LogP contribution in [0.25, 0.3) is 0 Å². The summed E-state index contributed by atoms with van der Waals surface area (Å²) in [5.74, 6) is 0.369. The number of rotatable bonds is 4. The first-order valence-electron chi connectivity index (χ1n) is 6.17. The van der Waals surface area contributed by atoms with E-state index in [2.05, 4.69) is 0 Å². The van der Waals surface area contributed by atoms with Crippen molar-refractivity contribution in [2.45, 2.75) is 12.5 Å². The van der Waals surface area contributed by atoms with Crippen LogP contribution in [0.2, 0.25) is 0 Å². The summed E-state index contributed by atoms with van der Waals surface area (Å²) in [6.45, 7) is 1.26. The number of likely N-dealkylation sites (tertiary alicyclic amines) is 1. The lowest BCUT2D eigenvalue weighted by molar-refractivity contribution is -0.132. The topological polar surface area (TPSA) is 62.6 Å². The number of ether oxygens (including phenoxy) is 2. The van der Waals surface area contributed by atoms with Crippen LogP contribution in [0, 0.1) is 11.3 Å². The molecule has 1 aromatic rings. The molecule has 0 bridgehead atoms. The maximum absolute atomic E-state index is 11.9. The van der Waals surface area contributed by atoms with Crippen LogP contribution in [-0.2, 0) is 9.53 Å². The van der Waals surface area contributed by atoms with Gasteiger partial charge < -0.3 is 14.4 Å². The van der Waals surface area contributed by atoms with Crippen LogP contribution < -0.4 is 4.74 Å². The number of carbonyl (C=O) groups is 1. The second-order valence-electron chi connectivity index (χ2n) is 4.38. The molecule has 1 aromatic carbocycles. The highest BCUT2D eigenvalue weighted by molar-refractivity contribution is 5.78. The second-order valence-corrected chi connectivity index (χ2v) is 4.38. The Balaban J connectivity index is 1.89. The average molecular weight is 260 g/mol. The van der Waals surface area contributed by atoms with Gasteiger partial charge in [-0.1, -0.05) is 12.1 Å². The third-order valence-electron chi connectivity index (χ3n) is 3.19. The molecule has 0 spiro atoms. The van der Waals surface area contributed by atoms with Crippen molar-refractivity contribution in [1.82, 2.24) is 4.90 Å². The molecule has 1 fully saturated rings. The van der Waals surface area contributed by atoms with Crippen LogP contribution in [0.15, 0.2) is 24.3 Å². The number of benzene rings is 1. The Hall–Kier alpha value is -2.06. The minimum atomic E-state index is -0.0766. The summed E-state index contributed by atoms with van der Waals surface area (Å²) in [4.78, 5) is 13.7. The quantitative estimate of drug-likeness (QED) is 0.815. The van der Waals surface area contributed by atoms with Gasteiger partial charge in [0.05, 0.1) is 11.7 Å². The Bertz CT molecular complexity index is 496. The summed E-state index contributed by atoms with van der Waals surface area (Å²) in [7, 11) is 1.65. The smallest absolute Gasteiger partial charge is 0.260 e. The van der Waals surface area contributed by atoms with Gasteiger partial charge in [0.15, 0.2) is 6.61 Å². The third-order valence-corrected chi connectivity index (χ3v) is 3.19. The van der Waals surface area contributed by atoms with E-state index in [0.29, 0.717) is 24.4 Å². The SMILES string of the molecule is COC1CCN(C(=O)COc2ccccc2C#N)C1. The molecule has 5 nitrogen and oxygen atoms in total. The molecule has 1 unspecified atom stereocenters. The standard InChI is InChI=1S/C14H16N2O3/c1-18-12-6-7-16(9-12)14(17)10-19-13-5-3-2-4-11(13)8-15/h2-5,12H,6-7,9-10H2,1H3. The molecule has 1 heterocycles. The van der Waals surface area contributed by atoms with Gasteiger partial charge in [0.1, 0.15) is 11.8 Å². The van der Waals surface area contributed by atoms with Crippen LogP contribution in [-0.4, -0.2) is 43.7 Å². The number of nitrogens with zero attached hydrogens (tertiary/aromatic N) is 2. The fourth-order valence-corrected chi connectivity index (χ4v) is 2.06. The van der Waals surface area contributed by atoms with E-state index in [1.807, 2.05) is 6.07 Å². The Morgan fingerprint density at radius 3 is 3.00 bits per heavy atom. The van der Waals surface area contributed by atoms with Gasteiger partial charge >= 0.3 is 0 Å². The van der Waals surface area contributed by atoms with E-state index < -0.39 is 0 Å². The lowest BCUT2D eigenvalue weighted by atomic mass is 10.2. The number of hydrogen-bond acceptors (Lipinski definition) is 4. The van der Waals surface area contributed by atoms with Crippen molar-refractivity contribution in [3.8, 4) is 11.8 Å². The van der Waals surface area contributed by atoms with E-state index in [-0.39, 0.29) is 18.6 Å². The number of hydrogen-bond donors (Lipinski definition) is 0. The first kappa shape index (κ1) is 13.4. The van der Waals surface area contributed by atoms with Gasteiger partial charge in [-0.25, -0.2) is 0 Å². The normalized spacial score (nSPS) is 18.1. The van der Waals surface area contributed by atoms with Gasteiger partial charge in [-0.3, -0.25) is 4.79 Å². The number of nitriles is 1. The summed E-state index contributed by atoms with van der Waals surface area (Å²) in [6, 6.07) is 8.92. The van der Waals surface area contributed by atoms with Gasteiger partial charge in [-0.05, 0) is 18.6 Å². The highest BCUT2D eigenvalue weighted by Crippen LogP contribution is 2.17. The molecule has 100 valence electrons. The molecule has 1 aliphatic heterocycles. The van der Waals surface area contributed by atoms with E-state index in [0.717, 1.165) is 6.42 Å². The van der Waals surface area contributed by atoms with E-state index in [4.69, 9.17) is 14.7 Å². The molecule has 2 rings (SSSR count). The highest BCUT2D eigenvalue weighted by Gasteiger charge is 2.26. The Morgan fingerprint density at radius 2 is 2.32 bits per heavy atom. The van der Waals surface area contributed by atoms with Gasteiger partial charge in [0, 0.05) is 20.2 Å². The van der Waals surface area contributed by atoms with Crippen molar-refractivity contribution in [2.24, 2.45) is 0 Å². The van der Waals surface area contributed by atoms with Crippen LogP contribution in [0.5, 0.6) is 5.75 Å². The maximum Gasteiger partial charge on any atom is 0.260 e. The summed E-state index contributed by atoms with van der Waals surface area (Å²) in [5, 5.41) is 8.92. The van der Waals surface area contributed by atoms with E-state index in [1.165, 1.54) is 0 Å². The lowest BCUT2D eigenvalue weighted by Gasteiger charge is -2.16. The number of amides is 1. The predicted octanol–water partition coefficient (Wildman–Crippen LogP) is 1.18. The molecule has 1 atom stereocenters. The molecule has 1 saturated heterocycles. The predicted molar refractivity (Wildman–Crippen MR) is 68.6 cm³/mol. The molecule has 5 heteroatoms. The fourth-order valence-electron chi connectivity index (χ4n) is 2.06. The zero-order valence-electron chi connectivity index (χ0n) is 10.8. The maximum atomic E-state index is 11.9. The Morgan fingerprint density at radius 1 is 1.53 bits per heavy atom. The second kappa shape index (κ2) is 6.21. The molecule has 0 N–H and O–H groups in total. The van der Waals surface area contributed by atoms with Crippen LogP contribution in [0.4, 0.5) is 0 Å². The monoisotopic (exact) mass is 260 g/mol. The van der Waals surface area contributed by atoms with Crippen molar-refractivity contribution < 1.29 is 14.3 Å². The van der Waals surface area contributed by atoms with Crippen molar-refractivity contribution in [1.29, 1.82) is 5.26 Å². The molecule has 0 radical (unpaired) electrons. The van der Waals surface area contributed by atoms with Crippen molar-refractivity contribution in [2.75, 3.05) is 26.8 Å². The Kier molecular flexibility index (Phi) is 4.37. The van der Waals surface area contributed by atoms with Gasteiger partial charge in [-0.15, -0.1) is 0 Å². The lowest BCUT2D eigenvalue weighted by Crippen LogP contribution is -2.34. The molecule has 0 aromatic heterocycles. The molecule has 0 saturated carbocycles. The highest BCUT2D eigenvalue weighted by atomic mass is 16.5. The Labute approximate surface area is 112 Å². The molecule has 1 aliphatic rings. The zero-order chi connectivity index (χ0) is 13.7. The first-order valence-corrected chi connectivity index (χ1v) is 6.17. The average Bonchev–Trinajstić information content (AvgIpc) is 2.94. The van der Waals surface area contributed by atoms with E-state index in [9.17, 15) is 4.79 Å². The number of methoxy groups -OCH3 is 1. The van der Waals surface area contributed by atoms with Gasteiger partial charge in [-0.2, -0.15) is 5.26 Å². The largest absolute Gasteiger partial charge is 0.482 e. The van der Waals surface area contributed by atoms with Crippen LogP contribution in [0.3, 0.4) is 0 Å². The molecular formula is C14H16N2O3. The van der Waals surface area contributed by atoms with Crippen molar-refractivity contribution in [3.05, 3.63) is 29.8 Å². The van der Waals surface area contributed by atoms with Crippen LogP contribution >= 0.6 is 0 Å². The molecule has 0 aliphatic carbocycles. The minimum Gasteiger partial charge on any atom is -0.482 e. The summed E-state index contributed by atoms with van der Waals surface area (Å²) < 4.78 is 10.6. The minimum absolute atomic E-state index is 0.0465. The summed E-state index contributed by atoms with van der Waals surface area (Å²) in [5.41, 5.74) is 0.437. The van der Waals surface area contributed by atoms with Crippen molar-refractivity contribution >= 4 is 5.91 Å². The first-order chi connectivity index (χ1) is 9.24. The summed E-state index contributed by atoms with van der Waals surface area (Å²) >= 11 is 0. The number of carbonyl (C=O) groups excluding carboxylic acids is 1. The van der Waals surface area contributed by atoms with Gasteiger partial charge in [0.25, 0.3) is 5.91 Å². The van der Waals surface area contributed by atoms with E-state index >= 15 is 0 Å². The third kappa shape index (κ3) is 3.24. The van der Waals surface area contributed by atoms with Gasteiger partial charge in [0.2, 0.25) is 0 Å². The van der Waals surface area contributed by atoms with Crippen LogP contribution in [0.1, 0.15) is 12.0 Å². The summed E-state index contributed by atoms with van der Waals surface area (Å²) in [6.07, 6.45) is 0.979. The van der Waals surface area contributed by atoms with E-state index in [1.54, 1.807) is 36.3 Å². The molecule has 1 amide bonds. The fraction of sp³-hybridized carbons (Fsp3) is 0.429. The zero-order valence-corrected chi connectivity index (χ0v) is 10.8. The number of para-hydroxylation sites is 1.